The number of hydrogen-bond acceptors (Lipinski definition) is 10. The van der Waals surface area contributed by atoms with E-state index in [1.165, 1.54) is 27.7 Å². The molecule has 0 aromatic heterocycles. The third-order valence-corrected chi connectivity index (χ3v) is 8.44. The van der Waals surface area contributed by atoms with Crippen LogP contribution >= 0.6 is 21.6 Å². The predicted molar refractivity (Wildman–Crippen MR) is 188 cm³/mol. The average molecular weight is 720 g/mol. The number of carbonyl (C=O) groups is 7. The van der Waals surface area contributed by atoms with Gasteiger partial charge in [0.1, 0.15) is 12.1 Å². The van der Waals surface area contributed by atoms with Gasteiger partial charge >= 0.3 is 5.97 Å². The van der Waals surface area contributed by atoms with E-state index in [0.29, 0.717) is 35.9 Å². The lowest BCUT2D eigenvalue weighted by molar-refractivity contribution is -0.140. The molecule has 12 N–H and O–H groups in total. The number of benzene rings is 2. The number of carboxylic acids is 1. The fourth-order valence-corrected chi connectivity index (χ4v) is 5.59. The van der Waals surface area contributed by atoms with Gasteiger partial charge in [-0.2, -0.15) is 0 Å². The Kier molecular flexibility index (Phi) is 17.2. The van der Waals surface area contributed by atoms with E-state index >= 15 is 0 Å². The van der Waals surface area contributed by atoms with Crippen LogP contribution in [-0.4, -0.2) is 96.2 Å². The highest BCUT2D eigenvalue weighted by Gasteiger charge is 2.26. The Labute approximate surface area is 290 Å². The second-order valence-corrected chi connectivity index (χ2v) is 13.2. The number of hydrogen-bond donors (Lipinski definition) is 9. The van der Waals surface area contributed by atoms with Gasteiger partial charge in [-0.3, -0.25) is 38.6 Å². The molecule has 2 rings (SSSR count). The van der Waals surface area contributed by atoms with E-state index in [1.807, 2.05) is 6.26 Å². The van der Waals surface area contributed by atoms with E-state index < -0.39 is 67.1 Å². The molecule has 0 fully saturated rings. The Morgan fingerprint density at radius 3 is 2.27 bits per heavy atom. The fourth-order valence-electron chi connectivity index (χ4n) is 4.40. The highest BCUT2D eigenvalue weighted by atomic mass is 33.1. The number of nitrogens with two attached hydrogens (primary N) is 3. The van der Waals surface area contributed by atoms with E-state index in [9.17, 15) is 38.7 Å². The maximum Gasteiger partial charge on any atom is 0.305 e. The maximum absolute atomic E-state index is 13.2. The van der Waals surface area contributed by atoms with Gasteiger partial charge in [0.25, 0.3) is 5.91 Å². The van der Waals surface area contributed by atoms with Crippen LogP contribution in [0.25, 0.3) is 10.8 Å². The minimum Gasteiger partial charge on any atom is -0.481 e. The van der Waals surface area contributed by atoms with Crippen LogP contribution in [0.3, 0.4) is 0 Å². The number of fused-ring (bicyclic) bond motifs is 1. The number of primary amides is 1. The number of aliphatic imine (C=N–C) groups is 1. The molecule has 0 aliphatic carbocycles. The van der Waals surface area contributed by atoms with E-state index in [1.54, 1.807) is 30.3 Å². The summed E-state index contributed by atoms with van der Waals surface area (Å²) in [5.41, 5.74) is 16.0. The van der Waals surface area contributed by atoms with Gasteiger partial charge in [0.2, 0.25) is 29.5 Å². The summed E-state index contributed by atoms with van der Waals surface area (Å²) in [6, 6.07) is 7.08. The third-order valence-electron chi connectivity index (χ3n) is 6.63. The molecule has 2 aromatic carbocycles. The molecule has 0 heterocycles. The number of rotatable bonds is 21. The lowest BCUT2D eigenvalue weighted by Gasteiger charge is -2.20. The summed E-state index contributed by atoms with van der Waals surface area (Å²) in [6.45, 7) is -0.713. The zero-order chi connectivity index (χ0) is 36.3. The maximum atomic E-state index is 13.2. The first-order chi connectivity index (χ1) is 23.3. The molecule has 0 aliphatic heterocycles. The molecule has 6 amide bonds. The molecule has 0 spiro atoms. The van der Waals surface area contributed by atoms with Gasteiger partial charge in [-0.25, -0.2) is 0 Å². The molecule has 17 nitrogen and oxygen atoms in total. The van der Waals surface area contributed by atoms with Crippen LogP contribution in [0.15, 0.2) is 41.4 Å². The number of carbonyl (C=O) groups excluding carboxylic acids is 6. The minimum absolute atomic E-state index is 0.0683. The Morgan fingerprint density at radius 1 is 0.878 bits per heavy atom. The van der Waals surface area contributed by atoms with Gasteiger partial charge in [-0.1, -0.05) is 45.9 Å². The Hall–Kier alpha value is -5.04. The molecule has 19 heteroatoms. The number of anilines is 1. The summed E-state index contributed by atoms with van der Waals surface area (Å²) in [6.07, 6.45) is 2.49. The summed E-state index contributed by atoms with van der Waals surface area (Å²) < 4.78 is 0. The first kappa shape index (κ1) is 40.1. The molecule has 0 saturated carbocycles. The lowest BCUT2D eigenvalue weighted by atomic mass is 10.0. The first-order valence-electron chi connectivity index (χ1n) is 15.0. The van der Waals surface area contributed by atoms with Crippen molar-refractivity contribution in [3.63, 3.8) is 0 Å². The Bertz CT molecular complexity index is 1550. The monoisotopic (exact) mass is 719 g/mol. The normalized spacial score (nSPS) is 11.8. The van der Waals surface area contributed by atoms with Crippen LogP contribution in [0.4, 0.5) is 5.69 Å². The average Bonchev–Trinajstić information content (AvgIpc) is 3.04. The van der Waals surface area contributed by atoms with Crippen LogP contribution in [0.5, 0.6) is 0 Å². The fraction of sp³-hybridized carbons (Fsp3) is 0.400. The molecular weight excluding hydrogens is 679 g/mol. The highest BCUT2D eigenvalue weighted by molar-refractivity contribution is 8.76. The van der Waals surface area contributed by atoms with E-state index in [-0.39, 0.29) is 36.0 Å². The van der Waals surface area contributed by atoms with E-state index in [0.717, 1.165) is 0 Å². The lowest BCUT2D eigenvalue weighted by Crippen LogP contribution is -2.51. The summed E-state index contributed by atoms with van der Waals surface area (Å²) >= 11 is 0. The van der Waals surface area contributed by atoms with Gasteiger partial charge in [-0.05, 0) is 48.4 Å². The van der Waals surface area contributed by atoms with Crippen LogP contribution in [0.2, 0.25) is 0 Å². The van der Waals surface area contributed by atoms with Gasteiger partial charge in [0.15, 0.2) is 5.96 Å². The van der Waals surface area contributed by atoms with E-state index in [4.69, 9.17) is 17.2 Å². The van der Waals surface area contributed by atoms with Gasteiger partial charge in [-0.15, -0.1) is 0 Å². The predicted octanol–water partition coefficient (Wildman–Crippen LogP) is -0.601. The molecule has 49 heavy (non-hydrogen) atoms. The second-order valence-electron chi connectivity index (χ2n) is 10.5. The van der Waals surface area contributed by atoms with Crippen molar-refractivity contribution >= 4 is 85.4 Å². The molecule has 0 saturated heterocycles. The molecule has 2 aromatic rings. The Morgan fingerprint density at radius 2 is 1.59 bits per heavy atom. The topological polar surface area (TPSA) is 290 Å². The number of guanidine groups is 1. The molecule has 266 valence electrons. The van der Waals surface area contributed by atoms with Crippen LogP contribution in [0.1, 0.15) is 42.5 Å². The quantitative estimate of drug-likeness (QED) is 0.0338. The van der Waals surface area contributed by atoms with Crippen molar-refractivity contribution in [2.45, 2.75) is 44.2 Å². The molecular formula is C30H41N9O8S2. The van der Waals surface area contributed by atoms with Gasteiger partial charge in [0.05, 0.1) is 19.5 Å². The summed E-state index contributed by atoms with van der Waals surface area (Å²) in [5.74, 6) is -5.10. The zero-order valence-electron chi connectivity index (χ0n) is 26.8. The number of carboxylic acid groups (broad SMARTS) is 1. The number of nitrogens with one attached hydrogen (secondary N) is 5. The molecule has 2 atom stereocenters. The van der Waals surface area contributed by atoms with Crippen molar-refractivity contribution < 1.29 is 38.7 Å². The number of aliphatic carboxylic acids is 1. The van der Waals surface area contributed by atoms with Crippen molar-refractivity contribution in [1.29, 1.82) is 0 Å². The number of unbranched alkanes of at least 4 members (excludes halogenated alkanes) is 1. The molecule has 0 aliphatic rings. The van der Waals surface area contributed by atoms with Gasteiger partial charge < -0.3 is 48.9 Å². The van der Waals surface area contributed by atoms with Crippen molar-refractivity contribution in [2.75, 3.05) is 37.0 Å². The summed E-state index contributed by atoms with van der Waals surface area (Å²) in [5, 5.41) is 22.8. The third kappa shape index (κ3) is 15.2. The van der Waals surface area contributed by atoms with Crippen molar-refractivity contribution in [2.24, 2.45) is 22.2 Å². The van der Waals surface area contributed by atoms with E-state index in [2.05, 4.69) is 31.6 Å². The smallest absolute Gasteiger partial charge is 0.305 e. The molecule has 0 bridgehead atoms. The standard InChI is InChI=1S/C30H41N9O8S2/c1-48-49-11-9-24(41)38-21(8-4-5-10-34-30(32)33)28(46)36-16-25(42)39-22(14-26(43)44)29(47)37-18-12-17-6-2-3-7-19(17)20(13-18)27(45)35-15-23(31)40/h2-3,6-7,12-13,21-22H,4-5,8-11,14-16H2,1H3,(H2,31,40)(H,35,45)(H,36,46)(H,37,47)(H,38,41)(H,39,42)(H,43,44)(H4,32,33,34)/t21-,22-/m0/s1. The number of amides is 6. The van der Waals surface area contributed by atoms with Crippen LogP contribution in [-0.2, 0) is 28.8 Å². The van der Waals surface area contributed by atoms with Crippen LogP contribution < -0.4 is 43.8 Å². The summed E-state index contributed by atoms with van der Waals surface area (Å²) in [4.78, 5) is 90.8. The highest BCUT2D eigenvalue weighted by Crippen LogP contribution is 2.24. The van der Waals surface area contributed by atoms with Crippen molar-refractivity contribution in [3.8, 4) is 0 Å². The van der Waals surface area contributed by atoms with Crippen LogP contribution in [0, 0.1) is 0 Å². The second kappa shape index (κ2) is 21.0. The van der Waals surface area contributed by atoms with Crippen molar-refractivity contribution in [1.82, 2.24) is 21.3 Å². The molecule has 0 unspecified atom stereocenters. The molecule has 0 radical (unpaired) electrons. The Balaban J connectivity index is 2.11. The summed E-state index contributed by atoms with van der Waals surface area (Å²) in [7, 11) is 2.99. The minimum atomic E-state index is -1.57. The zero-order valence-corrected chi connectivity index (χ0v) is 28.4. The van der Waals surface area contributed by atoms with Crippen molar-refractivity contribution in [3.05, 3.63) is 42.0 Å². The largest absolute Gasteiger partial charge is 0.481 e. The SMILES string of the molecule is CSSCCC(=O)N[C@@H](CCCCN=C(N)N)C(=O)NCC(=O)N[C@@H](CC(=O)O)C(=O)Nc1cc(C(=O)NCC(N)=O)c2ccccc2c1. The van der Waals surface area contributed by atoms with Gasteiger partial charge in [0, 0.05) is 30.0 Å². The number of nitrogens with zero attached hydrogens (tertiary/aromatic N) is 1. The first-order valence-corrected chi connectivity index (χ1v) is 17.7.